The lowest BCUT2D eigenvalue weighted by molar-refractivity contribution is -0.385. The van der Waals surface area contributed by atoms with Gasteiger partial charge in [0.1, 0.15) is 5.56 Å². The zero-order valence-electron chi connectivity index (χ0n) is 13.0. The molecule has 0 saturated heterocycles. The quantitative estimate of drug-likeness (QED) is 0.499. The van der Waals surface area contributed by atoms with Gasteiger partial charge in [0.05, 0.1) is 4.92 Å². The standard InChI is InChI=1S/C17H16N2O5/c1-2-12-6-5-7-13(10-12)18-16(20)11-24-17(21)14-8-3-4-9-15(14)19(22)23/h3-10H,2,11H2,1H3,(H,18,20). The summed E-state index contributed by atoms with van der Waals surface area (Å²) in [6.07, 6.45) is 0.830. The lowest BCUT2D eigenvalue weighted by Crippen LogP contribution is -2.21. The molecule has 0 bridgehead atoms. The van der Waals surface area contributed by atoms with Crippen molar-refractivity contribution in [1.29, 1.82) is 0 Å². The fraction of sp³-hybridized carbons (Fsp3) is 0.176. The Labute approximate surface area is 138 Å². The van der Waals surface area contributed by atoms with E-state index in [0.29, 0.717) is 5.69 Å². The van der Waals surface area contributed by atoms with Gasteiger partial charge < -0.3 is 10.1 Å². The van der Waals surface area contributed by atoms with E-state index in [2.05, 4.69) is 5.32 Å². The minimum absolute atomic E-state index is 0.191. The lowest BCUT2D eigenvalue weighted by atomic mass is 10.1. The number of hydrogen-bond donors (Lipinski definition) is 1. The van der Waals surface area contributed by atoms with Crippen molar-refractivity contribution in [2.75, 3.05) is 11.9 Å². The van der Waals surface area contributed by atoms with E-state index in [9.17, 15) is 19.7 Å². The number of rotatable bonds is 6. The second-order valence-electron chi connectivity index (χ2n) is 4.95. The first-order valence-electron chi connectivity index (χ1n) is 7.30. The average molecular weight is 328 g/mol. The third-order valence-electron chi connectivity index (χ3n) is 3.27. The third kappa shape index (κ3) is 4.39. The Bertz CT molecular complexity index is 773. The highest BCUT2D eigenvalue weighted by Gasteiger charge is 2.21. The first-order chi connectivity index (χ1) is 11.5. The number of benzene rings is 2. The van der Waals surface area contributed by atoms with Gasteiger partial charge >= 0.3 is 5.97 Å². The summed E-state index contributed by atoms with van der Waals surface area (Å²) in [7, 11) is 0. The molecule has 7 nitrogen and oxygen atoms in total. The number of hydrogen-bond acceptors (Lipinski definition) is 5. The van der Waals surface area contributed by atoms with E-state index in [4.69, 9.17) is 4.74 Å². The Balaban J connectivity index is 1.96. The Morgan fingerprint density at radius 2 is 1.92 bits per heavy atom. The Morgan fingerprint density at radius 1 is 1.17 bits per heavy atom. The van der Waals surface area contributed by atoms with Gasteiger partial charge in [-0.3, -0.25) is 14.9 Å². The fourth-order valence-corrected chi connectivity index (χ4v) is 2.08. The number of nitro groups is 1. The number of carbonyl (C=O) groups excluding carboxylic acids is 2. The number of para-hydroxylation sites is 1. The van der Waals surface area contributed by atoms with E-state index in [1.165, 1.54) is 24.3 Å². The molecule has 124 valence electrons. The van der Waals surface area contributed by atoms with Crippen LogP contribution in [0, 0.1) is 10.1 Å². The van der Waals surface area contributed by atoms with Gasteiger partial charge in [-0.05, 0) is 30.2 Å². The molecule has 2 rings (SSSR count). The van der Waals surface area contributed by atoms with Crippen LogP contribution in [0.2, 0.25) is 0 Å². The van der Waals surface area contributed by atoms with E-state index in [-0.39, 0.29) is 11.3 Å². The normalized spacial score (nSPS) is 10.0. The highest BCUT2D eigenvalue weighted by molar-refractivity contribution is 5.97. The van der Waals surface area contributed by atoms with Crippen LogP contribution in [-0.2, 0) is 16.0 Å². The predicted octanol–water partition coefficient (Wildman–Crippen LogP) is 2.95. The van der Waals surface area contributed by atoms with E-state index < -0.39 is 23.4 Å². The molecule has 0 aromatic heterocycles. The number of aryl methyl sites for hydroxylation is 1. The molecule has 1 amide bonds. The Kier molecular flexibility index (Phi) is 5.62. The smallest absolute Gasteiger partial charge is 0.345 e. The molecule has 0 aliphatic heterocycles. The van der Waals surface area contributed by atoms with Crippen LogP contribution in [0.3, 0.4) is 0 Å². The van der Waals surface area contributed by atoms with Gasteiger partial charge in [-0.25, -0.2) is 4.79 Å². The highest BCUT2D eigenvalue weighted by atomic mass is 16.6. The zero-order chi connectivity index (χ0) is 17.5. The molecular formula is C17H16N2O5. The zero-order valence-corrected chi connectivity index (χ0v) is 13.0. The Hall–Kier alpha value is -3.22. The number of nitrogens with one attached hydrogen (secondary N) is 1. The summed E-state index contributed by atoms with van der Waals surface area (Å²) < 4.78 is 4.85. The highest BCUT2D eigenvalue weighted by Crippen LogP contribution is 2.18. The van der Waals surface area contributed by atoms with Crippen molar-refractivity contribution in [2.24, 2.45) is 0 Å². The minimum atomic E-state index is -0.917. The van der Waals surface area contributed by atoms with Gasteiger partial charge in [0.15, 0.2) is 6.61 Å². The van der Waals surface area contributed by atoms with Gasteiger partial charge in [0, 0.05) is 11.8 Å². The van der Waals surface area contributed by atoms with Crippen molar-refractivity contribution >= 4 is 23.3 Å². The number of esters is 1. The average Bonchev–Trinajstić information content (AvgIpc) is 2.59. The molecule has 0 radical (unpaired) electrons. The van der Waals surface area contributed by atoms with Crippen molar-refractivity contribution in [2.45, 2.75) is 13.3 Å². The van der Waals surface area contributed by atoms with Crippen LogP contribution >= 0.6 is 0 Å². The molecule has 24 heavy (non-hydrogen) atoms. The topological polar surface area (TPSA) is 98.5 Å². The van der Waals surface area contributed by atoms with Crippen molar-refractivity contribution < 1.29 is 19.2 Å². The summed E-state index contributed by atoms with van der Waals surface area (Å²) in [5, 5.41) is 13.5. The molecule has 0 aliphatic carbocycles. The second-order valence-corrected chi connectivity index (χ2v) is 4.95. The first kappa shape index (κ1) is 17.1. The summed E-state index contributed by atoms with van der Waals surface area (Å²) in [4.78, 5) is 34.0. The summed E-state index contributed by atoms with van der Waals surface area (Å²) in [5.41, 5.74) is 1.10. The van der Waals surface area contributed by atoms with Crippen molar-refractivity contribution in [3.8, 4) is 0 Å². The molecule has 0 unspecified atom stereocenters. The van der Waals surface area contributed by atoms with Crippen molar-refractivity contribution in [3.63, 3.8) is 0 Å². The van der Waals surface area contributed by atoms with Crippen LogP contribution in [0.25, 0.3) is 0 Å². The minimum Gasteiger partial charge on any atom is -0.452 e. The van der Waals surface area contributed by atoms with Crippen molar-refractivity contribution in [1.82, 2.24) is 0 Å². The molecule has 2 aromatic carbocycles. The van der Waals surface area contributed by atoms with Gasteiger partial charge in [0.2, 0.25) is 0 Å². The van der Waals surface area contributed by atoms with Crippen LogP contribution in [0.4, 0.5) is 11.4 Å². The largest absolute Gasteiger partial charge is 0.452 e. The summed E-state index contributed by atoms with van der Waals surface area (Å²) in [6, 6.07) is 12.7. The third-order valence-corrected chi connectivity index (χ3v) is 3.27. The van der Waals surface area contributed by atoms with Crippen LogP contribution in [-0.4, -0.2) is 23.4 Å². The lowest BCUT2D eigenvalue weighted by Gasteiger charge is -2.08. The van der Waals surface area contributed by atoms with Gasteiger partial charge in [-0.15, -0.1) is 0 Å². The van der Waals surface area contributed by atoms with Gasteiger partial charge in [-0.1, -0.05) is 31.2 Å². The molecule has 0 saturated carbocycles. The molecule has 0 aliphatic rings. The number of nitro benzene ring substituents is 1. The van der Waals surface area contributed by atoms with Crippen LogP contribution < -0.4 is 5.32 Å². The number of carbonyl (C=O) groups is 2. The van der Waals surface area contributed by atoms with E-state index in [1.54, 1.807) is 6.07 Å². The summed E-state index contributed by atoms with van der Waals surface area (Å²) in [6.45, 7) is 1.47. The summed E-state index contributed by atoms with van der Waals surface area (Å²) >= 11 is 0. The Morgan fingerprint density at radius 3 is 2.62 bits per heavy atom. The van der Waals surface area contributed by atoms with Gasteiger partial charge in [-0.2, -0.15) is 0 Å². The maximum atomic E-state index is 11.9. The van der Waals surface area contributed by atoms with Crippen LogP contribution in [0.15, 0.2) is 48.5 Å². The van der Waals surface area contributed by atoms with Crippen LogP contribution in [0.5, 0.6) is 0 Å². The second kappa shape index (κ2) is 7.87. The molecule has 0 atom stereocenters. The maximum Gasteiger partial charge on any atom is 0.345 e. The molecular weight excluding hydrogens is 312 g/mol. The number of ether oxygens (including phenoxy) is 1. The van der Waals surface area contributed by atoms with E-state index in [1.807, 2.05) is 25.1 Å². The van der Waals surface area contributed by atoms with E-state index >= 15 is 0 Å². The molecule has 0 spiro atoms. The van der Waals surface area contributed by atoms with Crippen LogP contribution in [0.1, 0.15) is 22.8 Å². The fourth-order valence-electron chi connectivity index (χ4n) is 2.08. The molecule has 2 aromatic rings. The molecule has 1 N–H and O–H groups in total. The molecule has 7 heteroatoms. The van der Waals surface area contributed by atoms with Crippen molar-refractivity contribution in [3.05, 3.63) is 69.8 Å². The SMILES string of the molecule is CCc1cccc(NC(=O)COC(=O)c2ccccc2[N+](=O)[O-])c1. The maximum absolute atomic E-state index is 11.9. The number of amides is 1. The first-order valence-corrected chi connectivity index (χ1v) is 7.30. The predicted molar refractivity (Wildman–Crippen MR) is 87.8 cm³/mol. The number of anilines is 1. The number of nitrogens with zero attached hydrogens (tertiary/aromatic N) is 1. The summed E-state index contributed by atoms with van der Waals surface area (Å²) in [5.74, 6) is -1.44. The monoisotopic (exact) mass is 328 g/mol. The molecule has 0 heterocycles. The molecule has 0 fully saturated rings. The van der Waals surface area contributed by atoms with E-state index in [0.717, 1.165) is 12.0 Å². The van der Waals surface area contributed by atoms with Gasteiger partial charge in [0.25, 0.3) is 11.6 Å².